The standard InChI is InChI=1S/C33H66O2/c1-3-5-7-9-11-13-15-17-18-20-22-24-26-28-30-32-35-33(34)31-29-27-25-23-21-19-16-14-12-10-8-6-4-2/h30,32-34H,3-29,31H2,1-2H3. The molecule has 1 atom stereocenters. The number of unbranched alkanes of at least 4 members (excludes halogenated alkanes) is 25. The van der Waals surface area contributed by atoms with Crippen molar-refractivity contribution in [2.75, 3.05) is 0 Å². The van der Waals surface area contributed by atoms with E-state index in [9.17, 15) is 5.11 Å². The monoisotopic (exact) mass is 495 g/mol. The molecule has 0 radical (unpaired) electrons. The van der Waals surface area contributed by atoms with Crippen LogP contribution in [0.3, 0.4) is 0 Å². The first-order valence-electron chi connectivity index (χ1n) is 16.3. The zero-order valence-electron chi connectivity index (χ0n) is 24.4. The van der Waals surface area contributed by atoms with Gasteiger partial charge in [-0.15, -0.1) is 0 Å². The molecule has 0 heterocycles. The Morgan fingerprint density at radius 2 is 0.771 bits per heavy atom. The van der Waals surface area contributed by atoms with E-state index in [0.717, 1.165) is 19.3 Å². The van der Waals surface area contributed by atoms with Gasteiger partial charge < -0.3 is 9.84 Å². The Kier molecular flexibility index (Phi) is 31.1. The minimum Gasteiger partial charge on any atom is -0.473 e. The van der Waals surface area contributed by atoms with E-state index in [-0.39, 0.29) is 0 Å². The van der Waals surface area contributed by atoms with Gasteiger partial charge in [-0.3, -0.25) is 0 Å². The first kappa shape index (κ1) is 34.5. The van der Waals surface area contributed by atoms with Gasteiger partial charge in [0.15, 0.2) is 6.29 Å². The molecule has 210 valence electrons. The fraction of sp³-hybridized carbons (Fsp3) is 0.939. The fourth-order valence-corrected chi connectivity index (χ4v) is 4.90. The summed E-state index contributed by atoms with van der Waals surface area (Å²) in [4.78, 5) is 0. The Balaban J connectivity index is 3.21. The van der Waals surface area contributed by atoms with Crippen LogP contribution in [0.1, 0.15) is 194 Å². The molecule has 1 N–H and O–H groups in total. The number of hydrogen-bond acceptors (Lipinski definition) is 2. The summed E-state index contributed by atoms with van der Waals surface area (Å²) in [6, 6.07) is 0. The van der Waals surface area contributed by atoms with Gasteiger partial charge in [0.1, 0.15) is 0 Å². The van der Waals surface area contributed by atoms with Gasteiger partial charge in [-0.05, 0) is 25.3 Å². The van der Waals surface area contributed by atoms with E-state index in [4.69, 9.17) is 4.74 Å². The van der Waals surface area contributed by atoms with E-state index < -0.39 is 6.29 Å². The van der Waals surface area contributed by atoms with E-state index in [2.05, 4.69) is 19.9 Å². The van der Waals surface area contributed by atoms with Gasteiger partial charge in [0.2, 0.25) is 0 Å². The molecule has 35 heavy (non-hydrogen) atoms. The second-order valence-corrected chi connectivity index (χ2v) is 11.0. The van der Waals surface area contributed by atoms with Gasteiger partial charge in [-0.25, -0.2) is 0 Å². The summed E-state index contributed by atoms with van der Waals surface area (Å²) in [6.45, 7) is 4.57. The molecule has 0 rings (SSSR count). The van der Waals surface area contributed by atoms with Crippen LogP contribution in [0, 0.1) is 0 Å². The first-order chi connectivity index (χ1) is 17.3. The van der Waals surface area contributed by atoms with Crippen LogP contribution in [0.25, 0.3) is 0 Å². The SMILES string of the molecule is CCCCCCCCCCCCCCCC=COC(O)CCCCCCCCCCCCCCC. The van der Waals surface area contributed by atoms with E-state index >= 15 is 0 Å². The van der Waals surface area contributed by atoms with Crippen LogP contribution in [0.2, 0.25) is 0 Å². The van der Waals surface area contributed by atoms with Crippen LogP contribution < -0.4 is 0 Å². The highest BCUT2D eigenvalue weighted by Crippen LogP contribution is 2.15. The van der Waals surface area contributed by atoms with Crippen molar-refractivity contribution in [1.29, 1.82) is 0 Å². The van der Waals surface area contributed by atoms with Crippen molar-refractivity contribution >= 4 is 0 Å². The van der Waals surface area contributed by atoms with Crippen LogP contribution in [-0.2, 0) is 4.74 Å². The highest BCUT2D eigenvalue weighted by Gasteiger charge is 2.02. The third-order valence-electron chi connectivity index (χ3n) is 7.36. The Bertz CT molecular complexity index is 393. The predicted octanol–water partition coefficient (Wildman–Crippen LogP) is 11.8. The number of ether oxygens (including phenoxy) is 1. The van der Waals surface area contributed by atoms with Crippen molar-refractivity contribution in [2.24, 2.45) is 0 Å². The number of allylic oxidation sites excluding steroid dienone is 1. The average molecular weight is 495 g/mol. The maximum absolute atomic E-state index is 9.97. The molecule has 1 unspecified atom stereocenters. The molecule has 0 spiro atoms. The zero-order chi connectivity index (χ0) is 25.5. The van der Waals surface area contributed by atoms with Crippen molar-refractivity contribution in [1.82, 2.24) is 0 Å². The fourth-order valence-electron chi connectivity index (χ4n) is 4.90. The lowest BCUT2D eigenvalue weighted by molar-refractivity contribution is -0.0576. The Morgan fingerprint density at radius 3 is 1.14 bits per heavy atom. The molecule has 0 bridgehead atoms. The third kappa shape index (κ3) is 31.5. The van der Waals surface area contributed by atoms with Gasteiger partial charge in [-0.2, -0.15) is 0 Å². The maximum Gasteiger partial charge on any atom is 0.196 e. The topological polar surface area (TPSA) is 29.5 Å². The van der Waals surface area contributed by atoms with Crippen LogP contribution in [0.4, 0.5) is 0 Å². The number of aliphatic hydroxyl groups excluding tert-OH is 1. The second kappa shape index (κ2) is 31.5. The average Bonchev–Trinajstić information content (AvgIpc) is 2.86. The first-order valence-corrected chi connectivity index (χ1v) is 16.3. The summed E-state index contributed by atoms with van der Waals surface area (Å²) >= 11 is 0. The lowest BCUT2D eigenvalue weighted by atomic mass is 10.0. The smallest absolute Gasteiger partial charge is 0.196 e. The summed E-state index contributed by atoms with van der Waals surface area (Å²) in [7, 11) is 0. The van der Waals surface area contributed by atoms with Crippen molar-refractivity contribution in [3.63, 3.8) is 0 Å². The Morgan fingerprint density at radius 1 is 0.457 bits per heavy atom. The van der Waals surface area contributed by atoms with Gasteiger partial charge in [0, 0.05) is 6.42 Å². The highest BCUT2D eigenvalue weighted by molar-refractivity contribution is 4.73. The summed E-state index contributed by atoms with van der Waals surface area (Å²) in [5, 5.41) is 9.97. The van der Waals surface area contributed by atoms with E-state index in [0.29, 0.717) is 0 Å². The Hall–Kier alpha value is -0.500. The van der Waals surface area contributed by atoms with Crippen LogP contribution in [0.15, 0.2) is 12.3 Å². The summed E-state index contributed by atoms with van der Waals surface area (Å²) in [5.74, 6) is 0. The number of rotatable bonds is 30. The van der Waals surface area contributed by atoms with Gasteiger partial charge in [0.05, 0.1) is 6.26 Å². The molecule has 0 aliphatic rings. The summed E-state index contributed by atoms with van der Waals surface area (Å²) in [5.41, 5.74) is 0. The van der Waals surface area contributed by atoms with Gasteiger partial charge in [0.25, 0.3) is 0 Å². The second-order valence-electron chi connectivity index (χ2n) is 11.0. The molecule has 0 fully saturated rings. The molecular weight excluding hydrogens is 428 g/mol. The molecule has 0 saturated carbocycles. The van der Waals surface area contributed by atoms with E-state index in [1.807, 2.05) is 0 Å². The molecular formula is C33H66O2. The number of hydrogen-bond donors (Lipinski definition) is 1. The molecule has 0 aromatic rings. The molecule has 0 aliphatic heterocycles. The molecule has 0 aliphatic carbocycles. The molecule has 0 amide bonds. The van der Waals surface area contributed by atoms with Crippen molar-refractivity contribution in [3.8, 4) is 0 Å². The zero-order valence-corrected chi connectivity index (χ0v) is 24.4. The van der Waals surface area contributed by atoms with E-state index in [1.54, 1.807) is 6.26 Å². The van der Waals surface area contributed by atoms with Crippen molar-refractivity contribution < 1.29 is 9.84 Å². The lowest BCUT2D eigenvalue weighted by Gasteiger charge is -2.09. The largest absolute Gasteiger partial charge is 0.473 e. The molecule has 2 nitrogen and oxygen atoms in total. The van der Waals surface area contributed by atoms with Crippen molar-refractivity contribution in [2.45, 2.75) is 200 Å². The summed E-state index contributed by atoms with van der Waals surface area (Å²) in [6.07, 6.45) is 40.9. The van der Waals surface area contributed by atoms with Gasteiger partial charge >= 0.3 is 0 Å². The quantitative estimate of drug-likeness (QED) is 0.0611. The minimum atomic E-state index is -0.620. The molecule has 2 heteroatoms. The highest BCUT2D eigenvalue weighted by atomic mass is 16.6. The molecule has 0 aromatic carbocycles. The van der Waals surface area contributed by atoms with Gasteiger partial charge in [-0.1, -0.05) is 168 Å². The minimum absolute atomic E-state index is 0.620. The Labute approximate surface area is 222 Å². The van der Waals surface area contributed by atoms with Crippen LogP contribution >= 0.6 is 0 Å². The lowest BCUT2D eigenvalue weighted by Crippen LogP contribution is -2.07. The molecule has 0 saturated heterocycles. The normalized spacial score (nSPS) is 12.5. The van der Waals surface area contributed by atoms with Crippen LogP contribution in [-0.4, -0.2) is 11.4 Å². The third-order valence-corrected chi connectivity index (χ3v) is 7.36. The number of aliphatic hydroxyl groups is 1. The summed E-state index contributed by atoms with van der Waals surface area (Å²) < 4.78 is 5.44. The molecule has 0 aromatic heterocycles. The van der Waals surface area contributed by atoms with Crippen molar-refractivity contribution in [3.05, 3.63) is 12.3 Å². The van der Waals surface area contributed by atoms with E-state index in [1.165, 1.54) is 161 Å². The maximum atomic E-state index is 9.97. The predicted molar refractivity (Wildman–Crippen MR) is 157 cm³/mol. The van der Waals surface area contributed by atoms with Crippen LogP contribution in [0.5, 0.6) is 0 Å².